The zero-order chi connectivity index (χ0) is 17.4. The number of nitrogens with zero attached hydrogens (tertiary/aromatic N) is 2. The topological polar surface area (TPSA) is 48.9 Å². The summed E-state index contributed by atoms with van der Waals surface area (Å²) in [5.41, 5.74) is 1.21. The van der Waals surface area contributed by atoms with Crippen molar-refractivity contribution in [3.05, 3.63) is 29.8 Å². The van der Waals surface area contributed by atoms with Crippen molar-refractivity contribution < 1.29 is 4.74 Å². The van der Waals surface area contributed by atoms with E-state index in [4.69, 9.17) is 9.73 Å². The number of halogens is 1. The van der Waals surface area contributed by atoms with Crippen LogP contribution in [-0.2, 0) is 6.42 Å². The molecule has 2 rings (SSSR count). The maximum Gasteiger partial charge on any atom is 0.191 e. The van der Waals surface area contributed by atoms with Crippen LogP contribution < -0.4 is 15.4 Å². The van der Waals surface area contributed by atoms with Crippen molar-refractivity contribution in [2.75, 3.05) is 33.8 Å². The van der Waals surface area contributed by atoms with Gasteiger partial charge in [0.15, 0.2) is 5.96 Å². The number of guanidine groups is 1. The molecule has 6 heteroatoms. The minimum Gasteiger partial charge on any atom is -0.496 e. The number of hydrogen-bond acceptors (Lipinski definition) is 3. The zero-order valence-corrected chi connectivity index (χ0v) is 18.2. The van der Waals surface area contributed by atoms with Crippen molar-refractivity contribution in [2.45, 2.75) is 45.2 Å². The highest BCUT2D eigenvalue weighted by molar-refractivity contribution is 14.0. The molecule has 0 heterocycles. The fraction of sp³-hybridized carbons (Fsp3) is 0.632. The molecule has 2 N–H and O–H groups in total. The Hall–Kier alpha value is -1.02. The molecule has 5 nitrogen and oxygen atoms in total. The number of para-hydroxylation sites is 1. The molecule has 1 saturated carbocycles. The van der Waals surface area contributed by atoms with E-state index in [1.165, 1.54) is 18.4 Å². The van der Waals surface area contributed by atoms with Gasteiger partial charge in [-0.1, -0.05) is 18.2 Å². The second-order valence-corrected chi connectivity index (χ2v) is 6.45. The Kier molecular flexibility index (Phi) is 10.2. The van der Waals surface area contributed by atoms with Gasteiger partial charge in [0.25, 0.3) is 0 Å². The molecular formula is C19H33IN4O. The smallest absolute Gasteiger partial charge is 0.191 e. The number of aliphatic imine (C=N–C) groups is 1. The summed E-state index contributed by atoms with van der Waals surface area (Å²) >= 11 is 0. The molecule has 1 aromatic carbocycles. The summed E-state index contributed by atoms with van der Waals surface area (Å²) in [4.78, 5) is 7.19. The van der Waals surface area contributed by atoms with Crippen LogP contribution in [0.2, 0.25) is 0 Å². The van der Waals surface area contributed by atoms with Crippen molar-refractivity contribution >= 4 is 29.9 Å². The number of rotatable bonds is 9. The van der Waals surface area contributed by atoms with Gasteiger partial charge in [0, 0.05) is 25.2 Å². The highest BCUT2D eigenvalue weighted by Gasteiger charge is 2.28. The molecule has 1 aliphatic rings. The lowest BCUT2D eigenvalue weighted by molar-refractivity contribution is 0.253. The number of likely N-dealkylation sites (N-methyl/N-ethyl adjacent to an activating group) is 1. The van der Waals surface area contributed by atoms with Crippen LogP contribution in [0.5, 0.6) is 5.75 Å². The molecule has 1 unspecified atom stereocenters. The van der Waals surface area contributed by atoms with Crippen LogP contribution in [0.15, 0.2) is 29.3 Å². The lowest BCUT2D eigenvalue weighted by Crippen LogP contribution is -2.40. The van der Waals surface area contributed by atoms with Gasteiger partial charge in [0.05, 0.1) is 13.7 Å². The molecule has 1 aliphatic carbocycles. The molecule has 0 amide bonds. The first-order valence-electron chi connectivity index (χ1n) is 9.01. The summed E-state index contributed by atoms with van der Waals surface area (Å²) < 4.78 is 5.40. The molecule has 0 radical (unpaired) electrons. The Morgan fingerprint density at radius 3 is 2.68 bits per heavy atom. The zero-order valence-electron chi connectivity index (χ0n) is 15.9. The lowest BCUT2D eigenvalue weighted by Gasteiger charge is -2.23. The Balaban J connectivity index is 0.00000312. The predicted octanol–water partition coefficient (Wildman–Crippen LogP) is 2.89. The third kappa shape index (κ3) is 7.40. The quantitative estimate of drug-likeness (QED) is 0.338. The van der Waals surface area contributed by atoms with E-state index in [-0.39, 0.29) is 24.0 Å². The van der Waals surface area contributed by atoms with Gasteiger partial charge in [-0.2, -0.15) is 0 Å². The van der Waals surface area contributed by atoms with Crippen molar-refractivity contribution in [3.63, 3.8) is 0 Å². The van der Waals surface area contributed by atoms with Crippen LogP contribution in [0.3, 0.4) is 0 Å². The van der Waals surface area contributed by atoms with E-state index < -0.39 is 0 Å². The summed E-state index contributed by atoms with van der Waals surface area (Å²) in [7, 11) is 3.93. The SMILES string of the molecule is CCNC(=NCC(C)N(C)C1CC1)NCCc1ccccc1OC.I. The Bertz CT molecular complexity index is 534. The third-order valence-corrected chi connectivity index (χ3v) is 4.56. The number of ether oxygens (including phenoxy) is 1. The molecule has 1 fully saturated rings. The van der Waals surface area contributed by atoms with Gasteiger partial charge in [-0.05, 0) is 51.8 Å². The van der Waals surface area contributed by atoms with E-state index in [1.54, 1.807) is 7.11 Å². The van der Waals surface area contributed by atoms with Gasteiger partial charge in [-0.3, -0.25) is 9.89 Å². The van der Waals surface area contributed by atoms with Gasteiger partial charge >= 0.3 is 0 Å². The Morgan fingerprint density at radius 1 is 1.32 bits per heavy atom. The minimum absolute atomic E-state index is 0. The monoisotopic (exact) mass is 460 g/mol. The number of hydrogen-bond donors (Lipinski definition) is 2. The number of methoxy groups -OCH3 is 1. The van der Waals surface area contributed by atoms with E-state index in [0.29, 0.717) is 6.04 Å². The van der Waals surface area contributed by atoms with Crippen molar-refractivity contribution in [1.82, 2.24) is 15.5 Å². The first-order valence-corrected chi connectivity index (χ1v) is 9.01. The van der Waals surface area contributed by atoms with Crippen LogP contribution in [-0.4, -0.2) is 56.7 Å². The average molecular weight is 460 g/mol. The van der Waals surface area contributed by atoms with Crippen LogP contribution in [0, 0.1) is 0 Å². The molecule has 0 bridgehead atoms. The van der Waals surface area contributed by atoms with Gasteiger partial charge < -0.3 is 15.4 Å². The van der Waals surface area contributed by atoms with Gasteiger partial charge in [0.2, 0.25) is 0 Å². The van der Waals surface area contributed by atoms with Crippen LogP contribution in [0.25, 0.3) is 0 Å². The van der Waals surface area contributed by atoms with Crippen molar-refractivity contribution in [3.8, 4) is 5.75 Å². The predicted molar refractivity (Wildman–Crippen MR) is 116 cm³/mol. The Labute approximate surface area is 169 Å². The fourth-order valence-electron chi connectivity index (χ4n) is 2.76. The highest BCUT2D eigenvalue weighted by Crippen LogP contribution is 2.26. The van der Waals surface area contributed by atoms with E-state index in [9.17, 15) is 0 Å². The average Bonchev–Trinajstić information content (AvgIpc) is 3.44. The second kappa shape index (κ2) is 11.6. The van der Waals surface area contributed by atoms with E-state index in [2.05, 4.69) is 42.5 Å². The normalized spacial score (nSPS) is 15.5. The number of nitrogens with one attached hydrogen (secondary N) is 2. The highest BCUT2D eigenvalue weighted by atomic mass is 127. The molecule has 0 spiro atoms. The van der Waals surface area contributed by atoms with Gasteiger partial charge in [-0.25, -0.2) is 0 Å². The number of benzene rings is 1. The minimum atomic E-state index is 0. The summed E-state index contributed by atoms with van der Waals surface area (Å²) in [6.45, 7) is 6.86. The first-order chi connectivity index (χ1) is 11.7. The molecule has 1 aromatic rings. The maximum absolute atomic E-state index is 5.40. The van der Waals surface area contributed by atoms with E-state index >= 15 is 0 Å². The summed E-state index contributed by atoms with van der Waals surface area (Å²) in [5, 5.41) is 6.75. The van der Waals surface area contributed by atoms with Gasteiger partial charge in [0.1, 0.15) is 5.75 Å². The summed E-state index contributed by atoms with van der Waals surface area (Å²) in [5.74, 6) is 1.84. The third-order valence-electron chi connectivity index (χ3n) is 4.56. The van der Waals surface area contributed by atoms with Gasteiger partial charge in [-0.15, -0.1) is 24.0 Å². The molecule has 1 atom stereocenters. The lowest BCUT2D eigenvalue weighted by atomic mass is 10.1. The molecular weight excluding hydrogens is 427 g/mol. The van der Waals surface area contributed by atoms with Crippen LogP contribution in [0.1, 0.15) is 32.3 Å². The van der Waals surface area contributed by atoms with Crippen LogP contribution >= 0.6 is 24.0 Å². The van der Waals surface area contributed by atoms with Crippen molar-refractivity contribution in [1.29, 1.82) is 0 Å². The standard InChI is InChI=1S/C19H32N4O.HI/c1-5-20-19(22-14-15(2)23(3)17-10-11-17)21-13-12-16-8-6-7-9-18(16)24-4;/h6-9,15,17H,5,10-14H2,1-4H3,(H2,20,21,22);1H. The largest absolute Gasteiger partial charge is 0.496 e. The van der Waals surface area contributed by atoms with Crippen LogP contribution in [0.4, 0.5) is 0 Å². The van der Waals surface area contributed by atoms with E-state index in [0.717, 1.165) is 43.8 Å². The molecule has 25 heavy (non-hydrogen) atoms. The van der Waals surface area contributed by atoms with Crippen molar-refractivity contribution in [2.24, 2.45) is 4.99 Å². The summed E-state index contributed by atoms with van der Waals surface area (Å²) in [6.07, 6.45) is 3.58. The molecule has 142 valence electrons. The summed E-state index contributed by atoms with van der Waals surface area (Å²) in [6, 6.07) is 9.41. The second-order valence-electron chi connectivity index (χ2n) is 6.45. The fourth-order valence-corrected chi connectivity index (χ4v) is 2.76. The molecule has 0 saturated heterocycles. The molecule has 0 aromatic heterocycles. The first kappa shape index (κ1) is 22.0. The van der Waals surface area contributed by atoms with E-state index in [1.807, 2.05) is 18.2 Å². The Morgan fingerprint density at radius 2 is 2.04 bits per heavy atom. The maximum atomic E-state index is 5.40. The molecule has 0 aliphatic heterocycles.